The van der Waals surface area contributed by atoms with Crippen LogP contribution in [0.3, 0.4) is 0 Å². The Labute approximate surface area is 154 Å². The van der Waals surface area contributed by atoms with Crippen LogP contribution in [0.25, 0.3) is 0 Å². The number of hydrogen-bond acceptors (Lipinski definition) is 3. The Bertz CT molecular complexity index is 533. The number of carbonyl (C=O) groups is 1. The summed E-state index contributed by atoms with van der Waals surface area (Å²) < 4.78 is 5.14. The fourth-order valence-electron chi connectivity index (χ4n) is 2.19. The Morgan fingerprint density at radius 3 is 2.87 bits per heavy atom. The molecule has 0 aliphatic heterocycles. The molecule has 1 aromatic rings. The third-order valence-electron chi connectivity index (χ3n) is 3.73. The molecule has 1 aliphatic rings. The van der Waals surface area contributed by atoms with Gasteiger partial charge in [-0.15, -0.1) is 24.0 Å². The van der Waals surface area contributed by atoms with Crippen LogP contribution in [0.15, 0.2) is 29.3 Å². The van der Waals surface area contributed by atoms with Crippen molar-refractivity contribution >= 4 is 41.5 Å². The van der Waals surface area contributed by atoms with Crippen molar-refractivity contribution in [2.24, 2.45) is 16.6 Å². The van der Waals surface area contributed by atoms with Gasteiger partial charge in [0.1, 0.15) is 5.75 Å². The number of methoxy groups -OCH3 is 1. The van der Waals surface area contributed by atoms with E-state index in [0.29, 0.717) is 19.0 Å². The molecule has 1 fully saturated rings. The van der Waals surface area contributed by atoms with E-state index in [0.717, 1.165) is 30.7 Å². The number of anilines is 1. The zero-order valence-corrected chi connectivity index (χ0v) is 15.7. The van der Waals surface area contributed by atoms with E-state index in [-0.39, 0.29) is 35.8 Å². The topological polar surface area (TPSA) is 88.7 Å². The molecular formula is C16H25IN4O2. The maximum atomic E-state index is 11.6. The van der Waals surface area contributed by atoms with Gasteiger partial charge >= 0.3 is 0 Å². The average molecular weight is 432 g/mol. The number of hydrogen-bond donors (Lipinski definition) is 3. The fourth-order valence-corrected chi connectivity index (χ4v) is 2.19. The molecule has 0 spiro atoms. The molecule has 1 amide bonds. The van der Waals surface area contributed by atoms with E-state index in [9.17, 15) is 4.79 Å². The van der Waals surface area contributed by atoms with Crippen molar-refractivity contribution in [1.29, 1.82) is 0 Å². The molecule has 1 saturated carbocycles. The molecule has 23 heavy (non-hydrogen) atoms. The van der Waals surface area contributed by atoms with Gasteiger partial charge in [-0.3, -0.25) is 9.79 Å². The first-order chi connectivity index (χ1) is 10.7. The highest BCUT2D eigenvalue weighted by Gasteiger charge is 2.24. The smallest absolute Gasteiger partial charge is 0.223 e. The Hall–Kier alpha value is -1.51. The van der Waals surface area contributed by atoms with Crippen LogP contribution in [-0.2, 0) is 4.79 Å². The number of nitrogens with one attached hydrogen (secondary N) is 2. The number of aliphatic imine (C=N–C) groups is 1. The summed E-state index contributed by atoms with van der Waals surface area (Å²) in [5.74, 6) is 1.54. The Kier molecular flexibility index (Phi) is 8.75. The SMILES string of the molecule is COc1cccc(NC(N)=NCCCNC(=O)C2CCC2)c1.I. The maximum absolute atomic E-state index is 11.6. The monoisotopic (exact) mass is 432 g/mol. The minimum absolute atomic E-state index is 0. The van der Waals surface area contributed by atoms with E-state index >= 15 is 0 Å². The normalized spacial score (nSPS) is 14.4. The number of halogens is 1. The largest absolute Gasteiger partial charge is 0.497 e. The molecular weight excluding hydrogens is 407 g/mol. The van der Waals surface area contributed by atoms with Gasteiger partial charge in [-0.25, -0.2) is 0 Å². The van der Waals surface area contributed by atoms with Gasteiger partial charge in [-0.1, -0.05) is 12.5 Å². The van der Waals surface area contributed by atoms with Crippen molar-refractivity contribution in [2.75, 3.05) is 25.5 Å². The van der Waals surface area contributed by atoms with Crippen LogP contribution in [0.5, 0.6) is 5.75 Å². The predicted molar refractivity (Wildman–Crippen MR) is 103 cm³/mol. The van der Waals surface area contributed by atoms with Gasteiger partial charge in [0, 0.05) is 30.8 Å². The second-order valence-corrected chi connectivity index (χ2v) is 5.40. The lowest BCUT2D eigenvalue weighted by Gasteiger charge is -2.23. The van der Waals surface area contributed by atoms with Crippen molar-refractivity contribution in [3.8, 4) is 5.75 Å². The van der Waals surface area contributed by atoms with Crippen molar-refractivity contribution in [3.63, 3.8) is 0 Å². The van der Waals surface area contributed by atoms with Crippen molar-refractivity contribution in [2.45, 2.75) is 25.7 Å². The van der Waals surface area contributed by atoms with Gasteiger partial charge in [-0.05, 0) is 31.4 Å². The number of carbonyl (C=O) groups excluding carboxylic acids is 1. The summed E-state index contributed by atoms with van der Waals surface area (Å²) >= 11 is 0. The second kappa shape index (κ2) is 10.3. The van der Waals surface area contributed by atoms with E-state index < -0.39 is 0 Å². The first-order valence-corrected chi connectivity index (χ1v) is 7.68. The Balaban J connectivity index is 0.00000264. The molecule has 7 heteroatoms. The van der Waals surface area contributed by atoms with Crippen molar-refractivity contribution < 1.29 is 9.53 Å². The second-order valence-electron chi connectivity index (χ2n) is 5.40. The molecule has 128 valence electrons. The standard InChI is InChI=1S/C16H24N4O2.HI/c1-22-14-8-3-7-13(11-14)20-16(17)19-10-4-9-18-15(21)12-5-2-6-12;/h3,7-8,11-12H,2,4-6,9-10H2,1H3,(H,18,21)(H3,17,19,20);1H. The highest BCUT2D eigenvalue weighted by atomic mass is 127. The lowest BCUT2D eigenvalue weighted by Crippen LogP contribution is -2.35. The van der Waals surface area contributed by atoms with Crippen LogP contribution in [0.4, 0.5) is 5.69 Å². The summed E-state index contributed by atoms with van der Waals surface area (Å²) in [4.78, 5) is 15.9. The van der Waals surface area contributed by atoms with Crippen LogP contribution in [0.1, 0.15) is 25.7 Å². The summed E-state index contributed by atoms with van der Waals surface area (Å²) in [6.45, 7) is 1.22. The van der Waals surface area contributed by atoms with E-state index in [1.807, 2.05) is 24.3 Å². The first-order valence-electron chi connectivity index (χ1n) is 7.68. The molecule has 0 radical (unpaired) electrons. The van der Waals surface area contributed by atoms with Gasteiger partial charge in [0.2, 0.25) is 5.91 Å². The number of nitrogens with two attached hydrogens (primary N) is 1. The summed E-state index contributed by atoms with van der Waals surface area (Å²) in [7, 11) is 1.62. The number of ether oxygens (including phenoxy) is 1. The van der Waals surface area contributed by atoms with Crippen LogP contribution in [0, 0.1) is 5.92 Å². The average Bonchev–Trinajstić information content (AvgIpc) is 2.45. The van der Waals surface area contributed by atoms with Gasteiger partial charge in [0.05, 0.1) is 7.11 Å². The van der Waals surface area contributed by atoms with Gasteiger partial charge in [0.15, 0.2) is 5.96 Å². The highest BCUT2D eigenvalue weighted by molar-refractivity contribution is 14.0. The van der Waals surface area contributed by atoms with Crippen LogP contribution < -0.4 is 21.1 Å². The molecule has 0 bridgehead atoms. The molecule has 6 nitrogen and oxygen atoms in total. The summed E-state index contributed by atoms with van der Waals surface area (Å²) in [6.07, 6.45) is 4.01. The minimum Gasteiger partial charge on any atom is -0.497 e. The van der Waals surface area contributed by atoms with Gasteiger partial charge < -0.3 is 21.1 Å². The predicted octanol–water partition coefficient (Wildman–Crippen LogP) is 2.35. The van der Waals surface area contributed by atoms with Crippen LogP contribution >= 0.6 is 24.0 Å². The van der Waals surface area contributed by atoms with Gasteiger partial charge in [0.25, 0.3) is 0 Å². The van der Waals surface area contributed by atoms with Crippen LogP contribution in [0.2, 0.25) is 0 Å². The zero-order chi connectivity index (χ0) is 15.8. The molecule has 1 aromatic carbocycles. The number of amides is 1. The highest BCUT2D eigenvalue weighted by Crippen LogP contribution is 2.26. The number of benzene rings is 1. The number of rotatable bonds is 7. The molecule has 2 rings (SSSR count). The third kappa shape index (κ3) is 6.64. The Morgan fingerprint density at radius 1 is 1.43 bits per heavy atom. The molecule has 0 aromatic heterocycles. The fraction of sp³-hybridized carbons (Fsp3) is 0.500. The van der Waals surface area contributed by atoms with Gasteiger partial charge in [-0.2, -0.15) is 0 Å². The number of nitrogens with zero attached hydrogens (tertiary/aromatic N) is 1. The third-order valence-corrected chi connectivity index (χ3v) is 3.73. The summed E-state index contributed by atoms with van der Waals surface area (Å²) in [6, 6.07) is 7.48. The number of guanidine groups is 1. The van der Waals surface area contributed by atoms with Crippen LogP contribution in [-0.4, -0.2) is 32.1 Å². The summed E-state index contributed by atoms with van der Waals surface area (Å²) in [5, 5.41) is 5.95. The van der Waals surface area contributed by atoms with E-state index in [2.05, 4.69) is 15.6 Å². The lowest BCUT2D eigenvalue weighted by atomic mass is 9.85. The van der Waals surface area contributed by atoms with Crippen molar-refractivity contribution in [1.82, 2.24) is 5.32 Å². The zero-order valence-electron chi connectivity index (χ0n) is 13.4. The van der Waals surface area contributed by atoms with E-state index in [1.54, 1.807) is 7.11 Å². The quantitative estimate of drug-likeness (QED) is 0.267. The van der Waals surface area contributed by atoms with E-state index in [1.165, 1.54) is 6.42 Å². The lowest BCUT2D eigenvalue weighted by molar-refractivity contribution is -0.127. The molecule has 0 unspecified atom stereocenters. The Morgan fingerprint density at radius 2 is 2.22 bits per heavy atom. The first kappa shape index (κ1) is 19.5. The molecule has 4 N–H and O–H groups in total. The van der Waals surface area contributed by atoms with E-state index in [4.69, 9.17) is 10.5 Å². The maximum Gasteiger partial charge on any atom is 0.223 e. The summed E-state index contributed by atoms with van der Waals surface area (Å²) in [5.41, 5.74) is 6.66. The molecule has 1 aliphatic carbocycles. The minimum atomic E-state index is 0. The molecule has 0 heterocycles. The molecule has 0 saturated heterocycles. The van der Waals surface area contributed by atoms with Crippen molar-refractivity contribution in [3.05, 3.63) is 24.3 Å². The molecule has 0 atom stereocenters.